The van der Waals surface area contributed by atoms with E-state index in [2.05, 4.69) is 4.98 Å². The Kier molecular flexibility index (Phi) is 4.68. The average Bonchev–Trinajstić information content (AvgIpc) is 2.74. The Morgan fingerprint density at radius 2 is 2.05 bits per heavy atom. The van der Waals surface area contributed by atoms with E-state index in [1.807, 2.05) is 13.8 Å². The molecular formula is C14H17N3O2S. The lowest BCUT2D eigenvalue weighted by atomic mass is 10.2. The highest BCUT2D eigenvalue weighted by atomic mass is 32.2. The number of amidine groups is 1. The van der Waals surface area contributed by atoms with Crippen LogP contribution >= 0.6 is 11.8 Å². The van der Waals surface area contributed by atoms with E-state index in [4.69, 9.17) is 20.3 Å². The first-order valence-electron chi connectivity index (χ1n) is 6.20. The van der Waals surface area contributed by atoms with Gasteiger partial charge in [-0.3, -0.25) is 5.41 Å². The Hall–Kier alpha value is -1.95. The molecule has 1 heterocycles. The molecular weight excluding hydrogens is 274 g/mol. The summed E-state index contributed by atoms with van der Waals surface area (Å²) in [6.45, 7) is 4.39. The van der Waals surface area contributed by atoms with Gasteiger partial charge in [0.15, 0.2) is 0 Å². The Morgan fingerprint density at radius 3 is 2.60 bits per heavy atom. The predicted molar refractivity (Wildman–Crippen MR) is 79.7 cm³/mol. The number of hydrogen-bond acceptors (Lipinski definition) is 5. The summed E-state index contributed by atoms with van der Waals surface area (Å²) in [5, 5.41) is 7.98. The van der Waals surface area contributed by atoms with E-state index < -0.39 is 0 Å². The molecule has 0 fully saturated rings. The first-order valence-corrected chi connectivity index (χ1v) is 7.19. The van der Waals surface area contributed by atoms with Crippen molar-refractivity contribution in [3.8, 4) is 5.75 Å². The van der Waals surface area contributed by atoms with Crippen molar-refractivity contribution in [2.24, 2.45) is 5.73 Å². The summed E-state index contributed by atoms with van der Waals surface area (Å²) in [7, 11) is 0. The lowest BCUT2D eigenvalue weighted by Gasteiger charge is -2.05. The van der Waals surface area contributed by atoms with Crippen LogP contribution in [-0.4, -0.2) is 23.2 Å². The molecule has 20 heavy (non-hydrogen) atoms. The number of aryl methyl sites for hydroxylation is 2. The maximum atomic E-state index is 7.30. The van der Waals surface area contributed by atoms with Gasteiger partial charge < -0.3 is 14.9 Å². The summed E-state index contributed by atoms with van der Waals surface area (Å²) >= 11 is 1.53. The van der Waals surface area contributed by atoms with Gasteiger partial charge in [-0.2, -0.15) is 0 Å². The highest BCUT2D eigenvalue weighted by molar-refractivity contribution is 7.99. The summed E-state index contributed by atoms with van der Waals surface area (Å²) in [6.07, 6.45) is 0. The zero-order valence-electron chi connectivity index (χ0n) is 11.5. The van der Waals surface area contributed by atoms with E-state index in [9.17, 15) is 0 Å². The van der Waals surface area contributed by atoms with Crippen LogP contribution in [0, 0.1) is 19.3 Å². The summed E-state index contributed by atoms with van der Waals surface area (Å²) in [5.74, 6) is 2.43. The van der Waals surface area contributed by atoms with Crippen molar-refractivity contribution < 1.29 is 9.15 Å². The van der Waals surface area contributed by atoms with Crippen molar-refractivity contribution in [3.05, 3.63) is 41.3 Å². The molecule has 3 N–H and O–H groups in total. The summed E-state index contributed by atoms with van der Waals surface area (Å²) in [6, 6.07) is 7.15. The molecule has 106 valence electrons. The van der Waals surface area contributed by atoms with Crippen LogP contribution in [0.15, 0.2) is 33.9 Å². The minimum Gasteiger partial charge on any atom is -0.493 e. The number of benzene rings is 1. The number of nitrogen functional groups attached to an aromatic ring is 1. The van der Waals surface area contributed by atoms with E-state index in [1.165, 1.54) is 11.8 Å². The molecule has 0 amide bonds. The lowest BCUT2D eigenvalue weighted by Crippen LogP contribution is -2.10. The zero-order chi connectivity index (χ0) is 14.5. The number of nitrogens with one attached hydrogen (secondary N) is 1. The van der Waals surface area contributed by atoms with Crippen molar-refractivity contribution >= 4 is 17.6 Å². The Bertz CT molecular complexity index is 573. The number of ether oxygens (including phenoxy) is 1. The van der Waals surface area contributed by atoms with Gasteiger partial charge in [-0.15, -0.1) is 0 Å². The van der Waals surface area contributed by atoms with Crippen LogP contribution < -0.4 is 10.5 Å². The Morgan fingerprint density at radius 1 is 1.35 bits per heavy atom. The van der Waals surface area contributed by atoms with Gasteiger partial charge >= 0.3 is 0 Å². The second kappa shape index (κ2) is 6.47. The van der Waals surface area contributed by atoms with Crippen LogP contribution in [-0.2, 0) is 0 Å². The zero-order valence-corrected chi connectivity index (χ0v) is 12.3. The Balaban J connectivity index is 1.77. The smallest absolute Gasteiger partial charge is 0.256 e. The highest BCUT2D eigenvalue weighted by Gasteiger charge is 2.05. The molecule has 0 aliphatic carbocycles. The largest absolute Gasteiger partial charge is 0.493 e. The normalized spacial score (nSPS) is 10.5. The van der Waals surface area contributed by atoms with Crippen molar-refractivity contribution in [2.45, 2.75) is 19.1 Å². The molecule has 0 radical (unpaired) electrons. The van der Waals surface area contributed by atoms with E-state index in [0.29, 0.717) is 17.4 Å². The summed E-state index contributed by atoms with van der Waals surface area (Å²) in [4.78, 5) is 4.29. The standard InChI is InChI=1S/C14H17N3O2S/c1-9-10(2)19-14(17-9)20-8-7-18-12-5-3-11(4-6-12)13(15)16/h3-6H,7-8H2,1-2H3,(H3,15,16). The third-order valence-electron chi connectivity index (χ3n) is 2.75. The van der Waals surface area contributed by atoms with Crippen molar-refractivity contribution in [3.63, 3.8) is 0 Å². The molecule has 0 atom stereocenters. The topological polar surface area (TPSA) is 85.1 Å². The third kappa shape index (κ3) is 3.77. The molecule has 2 rings (SSSR count). The first-order chi connectivity index (χ1) is 9.56. The number of aromatic nitrogens is 1. The van der Waals surface area contributed by atoms with E-state index in [0.717, 1.165) is 23.0 Å². The number of hydrogen-bond donors (Lipinski definition) is 2. The van der Waals surface area contributed by atoms with Crippen LogP contribution in [0.2, 0.25) is 0 Å². The number of nitrogens with two attached hydrogens (primary N) is 1. The minimum absolute atomic E-state index is 0.0572. The van der Waals surface area contributed by atoms with Gasteiger partial charge in [0.1, 0.15) is 17.3 Å². The molecule has 6 heteroatoms. The van der Waals surface area contributed by atoms with Gasteiger partial charge in [-0.1, -0.05) is 11.8 Å². The van der Waals surface area contributed by atoms with E-state index in [-0.39, 0.29) is 5.84 Å². The third-order valence-corrected chi connectivity index (χ3v) is 3.54. The monoisotopic (exact) mass is 291 g/mol. The maximum absolute atomic E-state index is 7.30. The van der Waals surface area contributed by atoms with Crippen LogP contribution in [0.4, 0.5) is 0 Å². The first kappa shape index (κ1) is 14.5. The molecule has 2 aromatic rings. The number of rotatable bonds is 6. The molecule has 1 aromatic carbocycles. The number of nitrogens with zero attached hydrogens (tertiary/aromatic N) is 1. The van der Waals surface area contributed by atoms with Gasteiger partial charge in [-0.05, 0) is 38.1 Å². The second-order valence-corrected chi connectivity index (χ2v) is 5.30. The Labute approximate surface area is 122 Å². The van der Waals surface area contributed by atoms with E-state index >= 15 is 0 Å². The molecule has 0 aliphatic rings. The van der Waals surface area contributed by atoms with Crippen molar-refractivity contribution in [1.29, 1.82) is 5.41 Å². The van der Waals surface area contributed by atoms with Gasteiger partial charge in [0, 0.05) is 11.3 Å². The molecule has 0 unspecified atom stereocenters. The maximum Gasteiger partial charge on any atom is 0.256 e. The van der Waals surface area contributed by atoms with Crippen molar-refractivity contribution in [1.82, 2.24) is 4.98 Å². The second-order valence-electron chi connectivity index (χ2n) is 4.26. The summed E-state index contributed by atoms with van der Waals surface area (Å²) < 4.78 is 11.1. The van der Waals surface area contributed by atoms with Gasteiger partial charge in [0.2, 0.25) is 0 Å². The fourth-order valence-electron chi connectivity index (χ4n) is 1.52. The highest BCUT2D eigenvalue weighted by Crippen LogP contribution is 2.20. The number of thioether (sulfide) groups is 1. The average molecular weight is 291 g/mol. The minimum atomic E-state index is 0.0572. The SMILES string of the molecule is Cc1nc(SCCOc2ccc(C(=N)N)cc2)oc1C. The van der Waals surface area contributed by atoms with E-state index in [1.54, 1.807) is 24.3 Å². The molecule has 0 bridgehead atoms. The molecule has 0 spiro atoms. The van der Waals surface area contributed by atoms with Crippen molar-refractivity contribution in [2.75, 3.05) is 12.4 Å². The predicted octanol–water partition coefficient (Wildman–Crippen LogP) is 2.75. The molecule has 0 aliphatic heterocycles. The van der Waals surface area contributed by atoms with Crippen LogP contribution in [0.1, 0.15) is 17.0 Å². The molecule has 5 nitrogen and oxygen atoms in total. The van der Waals surface area contributed by atoms with Crippen LogP contribution in [0.3, 0.4) is 0 Å². The number of oxazole rings is 1. The lowest BCUT2D eigenvalue weighted by molar-refractivity contribution is 0.343. The fourth-order valence-corrected chi connectivity index (χ4v) is 2.25. The summed E-state index contributed by atoms with van der Waals surface area (Å²) in [5.41, 5.74) is 7.00. The molecule has 0 saturated carbocycles. The van der Waals surface area contributed by atoms with Crippen LogP contribution in [0.25, 0.3) is 0 Å². The van der Waals surface area contributed by atoms with Gasteiger partial charge in [-0.25, -0.2) is 4.98 Å². The van der Waals surface area contributed by atoms with Crippen LogP contribution in [0.5, 0.6) is 5.75 Å². The fraction of sp³-hybridized carbons (Fsp3) is 0.286. The van der Waals surface area contributed by atoms with Gasteiger partial charge in [0.05, 0.1) is 12.3 Å². The quantitative estimate of drug-likeness (QED) is 0.370. The van der Waals surface area contributed by atoms with Gasteiger partial charge in [0.25, 0.3) is 5.22 Å². The molecule has 1 aromatic heterocycles. The molecule has 0 saturated heterocycles.